The van der Waals surface area contributed by atoms with Crippen molar-refractivity contribution in [1.82, 2.24) is 10.1 Å². The van der Waals surface area contributed by atoms with Crippen LogP contribution in [0.4, 0.5) is 0 Å². The molecule has 90 valence electrons. The molecule has 6 nitrogen and oxygen atoms in total. The molecule has 0 unspecified atom stereocenters. The summed E-state index contributed by atoms with van der Waals surface area (Å²) in [5, 5.41) is 3.68. The fourth-order valence-electron chi connectivity index (χ4n) is 1.87. The molecule has 2 N–H and O–H groups in total. The van der Waals surface area contributed by atoms with Crippen LogP contribution in [0.1, 0.15) is 31.0 Å². The Kier molecular flexibility index (Phi) is 2.75. The summed E-state index contributed by atoms with van der Waals surface area (Å²) in [4.78, 5) is 4.12. The van der Waals surface area contributed by atoms with E-state index < -0.39 is 9.84 Å². The maximum atomic E-state index is 11.1. The normalized spacial score (nSPS) is 19.4. The van der Waals surface area contributed by atoms with Crippen LogP contribution < -0.4 is 5.73 Å². The lowest BCUT2D eigenvalue weighted by Crippen LogP contribution is -2.41. The van der Waals surface area contributed by atoms with Gasteiger partial charge in [0.05, 0.1) is 5.41 Å². The molecule has 1 heterocycles. The second-order valence-electron chi connectivity index (χ2n) is 4.42. The Morgan fingerprint density at radius 1 is 1.50 bits per heavy atom. The Balaban J connectivity index is 2.19. The van der Waals surface area contributed by atoms with Crippen molar-refractivity contribution in [2.45, 2.75) is 30.4 Å². The van der Waals surface area contributed by atoms with Gasteiger partial charge in [-0.15, -0.1) is 0 Å². The summed E-state index contributed by atoms with van der Waals surface area (Å²) in [6.45, 7) is 0.466. The van der Waals surface area contributed by atoms with Crippen molar-refractivity contribution < 1.29 is 12.9 Å². The molecule has 1 aromatic rings. The van der Waals surface area contributed by atoms with E-state index in [0.717, 1.165) is 25.5 Å². The third-order valence-electron chi connectivity index (χ3n) is 3.01. The predicted molar refractivity (Wildman–Crippen MR) is 57.4 cm³/mol. The smallest absolute Gasteiger partial charge is 0.234 e. The van der Waals surface area contributed by atoms with Crippen LogP contribution in [0.15, 0.2) is 4.52 Å². The van der Waals surface area contributed by atoms with Crippen molar-refractivity contribution in [3.05, 3.63) is 11.7 Å². The van der Waals surface area contributed by atoms with Crippen LogP contribution in [0.2, 0.25) is 0 Å². The van der Waals surface area contributed by atoms with Gasteiger partial charge in [-0.05, 0) is 12.8 Å². The first-order chi connectivity index (χ1) is 7.45. The Labute approximate surface area is 94.1 Å². The van der Waals surface area contributed by atoms with Gasteiger partial charge in [-0.25, -0.2) is 8.42 Å². The van der Waals surface area contributed by atoms with Crippen LogP contribution in [-0.2, 0) is 21.0 Å². The second-order valence-corrected chi connectivity index (χ2v) is 6.56. The molecular weight excluding hydrogens is 230 g/mol. The van der Waals surface area contributed by atoms with Crippen LogP contribution in [-0.4, -0.2) is 31.4 Å². The van der Waals surface area contributed by atoms with E-state index >= 15 is 0 Å². The summed E-state index contributed by atoms with van der Waals surface area (Å²) >= 11 is 0. The molecule has 1 fully saturated rings. The highest BCUT2D eigenvalue weighted by atomic mass is 32.2. The van der Waals surface area contributed by atoms with Crippen LogP contribution in [0.5, 0.6) is 0 Å². The molecule has 0 atom stereocenters. The molecule has 1 aliphatic carbocycles. The van der Waals surface area contributed by atoms with Gasteiger partial charge in [0, 0.05) is 12.8 Å². The maximum Gasteiger partial charge on any atom is 0.234 e. The van der Waals surface area contributed by atoms with E-state index in [4.69, 9.17) is 10.3 Å². The molecule has 7 heteroatoms. The zero-order valence-corrected chi connectivity index (χ0v) is 9.96. The molecule has 0 aliphatic heterocycles. The Bertz CT molecular complexity index is 470. The SMILES string of the molecule is CS(=O)(=O)Cc1noc(C2(CN)CCC2)n1. The minimum absolute atomic E-state index is 0.183. The standard InChI is InChI=1S/C9H15N3O3S/c1-16(13,14)5-7-11-8(15-12-7)9(6-10)3-2-4-9/h2-6,10H2,1H3. The Morgan fingerprint density at radius 3 is 2.62 bits per heavy atom. The first kappa shape index (κ1) is 11.5. The second kappa shape index (κ2) is 3.81. The molecule has 0 saturated heterocycles. The molecule has 16 heavy (non-hydrogen) atoms. The summed E-state index contributed by atoms with van der Waals surface area (Å²) < 4.78 is 27.2. The van der Waals surface area contributed by atoms with Gasteiger partial charge >= 0.3 is 0 Å². The first-order valence-corrected chi connectivity index (χ1v) is 7.22. The van der Waals surface area contributed by atoms with Crippen LogP contribution >= 0.6 is 0 Å². The summed E-state index contributed by atoms with van der Waals surface area (Å²) in [6.07, 6.45) is 4.11. The third-order valence-corrected chi connectivity index (χ3v) is 3.80. The van der Waals surface area contributed by atoms with Gasteiger partial charge in [0.25, 0.3) is 0 Å². The number of nitrogens with zero attached hydrogens (tertiary/aromatic N) is 2. The lowest BCUT2D eigenvalue weighted by atomic mass is 9.69. The highest BCUT2D eigenvalue weighted by Gasteiger charge is 2.42. The molecule has 0 amide bonds. The highest BCUT2D eigenvalue weighted by Crippen LogP contribution is 2.41. The third kappa shape index (κ3) is 2.10. The van der Waals surface area contributed by atoms with Gasteiger partial charge in [-0.1, -0.05) is 11.6 Å². The average Bonchev–Trinajstić information content (AvgIpc) is 2.49. The summed E-state index contributed by atoms with van der Waals surface area (Å²) in [5.74, 6) is 0.522. The molecule has 2 rings (SSSR count). The van der Waals surface area contributed by atoms with E-state index in [1.54, 1.807) is 0 Å². The average molecular weight is 245 g/mol. The quantitative estimate of drug-likeness (QED) is 0.801. The highest BCUT2D eigenvalue weighted by molar-refractivity contribution is 7.89. The molecule has 0 bridgehead atoms. The van der Waals surface area contributed by atoms with Gasteiger partial charge in [-0.3, -0.25) is 0 Å². The van der Waals surface area contributed by atoms with E-state index in [2.05, 4.69) is 10.1 Å². The first-order valence-electron chi connectivity index (χ1n) is 5.16. The molecule has 1 aliphatic rings. The van der Waals surface area contributed by atoms with Crippen LogP contribution in [0.25, 0.3) is 0 Å². The van der Waals surface area contributed by atoms with Crippen molar-refractivity contribution in [2.24, 2.45) is 5.73 Å². The number of sulfone groups is 1. The van der Waals surface area contributed by atoms with Crippen molar-refractivity contribution in [2.75, 3.05) is 12.8 Å². The number of hydrogen-bond donors (Lipinski definition) is 1. The van der Waals surface area contributed by atoms with Crippen molar-refractivity contribution in [1.29, 1.82) is 0 Å². The van der Waals surface area contributed by atoms with Crippen LogP contribution in [0.3, 0.4) is 0 Å². The maximum absolute atomic E-state index is 11.1. The molecular formula is C9H15N3O3S. The lowest BCUT2D eigenvalue weighted by molar-refractivity contribution is 0.181. The van der Waals surface area contributed by atoms with Crippen molar-refractivity contribution in [3.63, 3.8) is 0 Å². The number of nitrogens with two attached hydrogens (primary N) is 1. The monoisotopic (exact) mass is 245 g/mol. The van der Waals surface area contributed by atoms with Crippen LogP contribution in [0, 0.1) is 0 Å². The Hall–Kier alpha value is -0.950. The van der Waals surface area contributed by atoms with E-state index in [1.165, 1.54) is 0 Å². The van der Waals surface area contributed by atoms with Crippen molar-refractivity contribution in [3.8, 4) is 0 Å². The fourth-order valence-corrected chi connectivity index (χ4v) is 2.46. The topological polar surface area (TPSA) is 99.1 Å². The number of hydrogen-bond acceptors (Lipinski definition) is 6. The van der Waals surface area contributed by atoms with E-state index in [0.29, 0.717) is 12.4 Å². The zero-order valence-electron chi connectivity index (χ0n) is 9.14. The van der Waals surface area contributed by atoms with Crippen molar-refractivity contribution >= 4 is 9.84 Å². The lowest BCUT2D eigenvalue weighted by Gasteiger charge is -2.36. The minimum atomic E-state index is -3.12. The fraction of sp³-hybridized carbons (Fsp3) is 0.778. The molecule has 1 saturated carbocycles. The van der Waals surface area contributed by atoms with Gasteiger partial charge in [0.15, 0.2) is 15.7 Å². The van der Waals surface area contributed by atoms with E-state index in [-0.39, 0.29) is 17.0 Å². The predicted octanol–water partition coefficient (Wildman–Crippen LogP) is -0.00540. The van der Waals surface area contributed by atoms with E-state index in [1.807, 2.05) is 0 Å². The van der Waals surface area contributed by atoms with Gasteiger partial charge < -0.3 is 10.3 Å². The summed E-state index contributed by atoms with van der Waals surface area (Å²) in [7, 11) is -3.12. The number of aromatic nitrogens is 2. The van der Waals surface area contributed by atoms with E-state index in [9.17, 15) is 8.42 Å². The molecule has 0 aromatic carbocycles. The summed E-state index contributed by atoms with van der Waals surface area (Å²) in [5.41, 5.74) is 5.49. The largest absolute Gasteiger partial charge is 0.339 e. The molecule has 1 aromatic heterocycles. The van der Waals surface area contributed by atoms with Gasteiger partial charge in [-0.2, -0.15) is 4.98 Å². The number of rotatable bonds is 4. The minimum Gasteiger partial charge on any atom is -0.339 e. The Morgan fingerprint density at radius 2 is 2.19 bits per heavy atom. The van der Waals surface area contributed by atoms with Gasteiger partial charge in [0.2, 0.25) is 5.89 Å². The summed E-state index contributed by atoms with van der Waals surface area (Å²) in [6, 6.07) is 0. The van der Waals surface area contributed by atoms with Gasteiger partial charge in [0.1, 0.15) is 5.75 Å². The molecule has 0 spiro atoms. The molecule has 0 radical (unpaired) electrons. The zero-order chi connectivity index (χ0) is 11.8.